The third-order valence-corrected chi connectivity index (χ3v) is 6.55. The number of benzene rings is 1. The normalized spacial score (nSPS) is 21.5. The van der Waals surface area contributed by atoms with Crippen LogP contribution in [0.1, 0.15) is 46.5 Å². The van der Waals surface area contributed by atoms with Crippen molar-refractivity contribution in [3.63, 3.8) is 0 Å². The van der Waals surface area contributed by atoms with Gasteiger partial charge in [0.1, 0.15) is 29.8 Å². The molecule has 3 aliphatic rings. The molecule has 186 valence electrons. The number of nitrogens with one attached hydrogen (secondary N) is 1. The maximum Gasteiger partial charge on any atom is 0.410 e. The van der Waals surface area contributed by atoms with Crippen molar-refractivity contribution in [3.05, 3.63) is 17.9 Å². The summed E-state index contributed by atoms with van der Waals surface area (Å²) in [5, 5.41) is 2.40. The zero-order chi connectivity index (χ0) is 24.6. The van der Waals surface area contributed by atoms with Gasteiger partial charge in [-0.15, -0.1) is 0 Å². The topological polar surface area (TPSA) is 91.4 Å². The number of carbonyl (C=O) groups excluding carboxylic acids is 3. The van der Waals surface area contributed by atoms with Crippen LogP contribution < -0.4 is 19.9 Å². The molecule has 10 heteroatoms. The van der Waals surface area contributed by atoms with Crippen molar-refractivity contribution in [2.45, 2.75) is 64.1 Å². The quantitative estimate of drug-likeness (QED) is 0.671. The molecule has 0 bridgehead atoms. The molecule has 2 fully saturated rings. The second-order valence-corrected chi connectivity index (χ2v) is 10.1. The summed E-state index contributed by atoms with van der Waals surface area (Å²) in [6.45, 7) is 7.40. The first kappa shape index (κ1) is 24.1. The Bertz CT molecular complexity index is 971. The van der Waals surface area contributed by atoms with Crippen LogP contribution in [0.15, 0.2) is 12.1 Å². The number of hydrogen-bond acceptors (Lipinski definition) is 7. The van der Waals surface area contributed by atoms with Crippen molar-refractivity contribution in [1.29, 1.82) is 0 Å². The van der Waals surface area contributed by atoms with Gasteiger partial charge in [0, 0.05) is 32.6 Å². The van der Waals surface area contributed by atoms with Crippen LogP contribution in [0.2, 0.25) is 0 Å². The maximum absolute atomic E-state index is 15.1. The van der Waals surface area contributed by atoms with E-state index in [4.69, 9.17) is 9.47 Å². The molecule has 3 heterocycles. The SMILES string of the molecule is CN(C(=O)OC(C)(C)C)C1CCN(c2c(F)ccc3c2OCCN3C2CCC(=O)NC2=O)CC1. The molecule has 1 unspecified atom stereocenters. The lowest BCUT2D eigenvalue weighted by molar-refractivity contribution is -0.134. The molecule has 9 nitrogen and oxygen atoms in total. The van der Waals surface area contributed by atoms with Gasteiger partial charge >= 0.3 is 6.09 Å². The Morgan fingerprint density at radius 1 is 1.18 bits per heavy atom. The van der Waals surface area contributed by atoms with E-state index in [1.807, 2.05) is 30.6 Å². The van der Waals surface area contributed by atoms with E-state index in [0.717, 1.165) is 0 Å². The number of piperidine rings is 2. The lowest BCUT2D eigenvalue weighted by Crippen LogP contribution is -2.54. The zero-order valence-corrected chi connectivity index (χ0v) is 20.2. The van der Waals surface area contributed by atoms with E-state index in [9.17, 15) is 14.4 Å². The van der Waals surface area contributed by atoms with E-state index >= 15 is 4.39 Å². The number of nitrogens with zero attached hydrogens (tertiary/aromatic N) is 3. The lowest BCUT2D eigenvalue weighted by atomic mass is 10.0. The molecule has 3 aliphatic heterocycles. The van der Waals surface area contributed by atoms with Gasteiger partial charge in [-0.1, -0.05) is 0 Å². The Labute approximate surface area is 199 Å². The third-order valence-electron chi connectivity index (χ3n) is 6.55. The first-order chi connectivity index (χ1) is 16.0. The summed E-state index contributed by atoms with van der Waals surface area (Å²) in [4.78, 5) is 42.0. The largest absolute Gasteiger partial charge is 0.487 e. The molecule has 1 atom stereocenters. The molecule has 4 rings (SSSR count). The van der Waals surface area contributed by atoms with Gasteiger partial charge in [-0.2, -0.15) is 0 Å². The van der Waals surface area contributed by atoms with E-state index in [1.54, 1.807) is 18.0 Å². The summed E-state index contributed by atoms with van der Waals surface area (Å²) < 4.78 is 26.5. The van der Waals surface area contributed by atoms with Crippen molar-refractivity contribution >= 4 is 29.3 Å². The molecule has 0 spiro atoms. The standard InChI is InChI=1S/C24H33FN4O5/c1-24(2,3)34-23(32)27(4)15-9-11-28(12-10-15)20-16(25)5-6-17-21(20)33-14-13-29(17)18-7-8-19(30)26-22(18)31/h5-6,15,18H,7-14H2,1-4H3,(H,26,30,31). The summed E-state index contributed by atoms with van der Waals surface area (Å²) in [6.07, 6.45) is 1.65. The van der Waals surface area contributed by atoms with Crippen molar-refractivity contribution in [2.24, 2.45) is 0 Å². The Morgan fingerprint density at radius 2 is 1.88 bits per heavy atom. The van der Waals surface area contributed by atoms with Crippen molar-refractivity contribution in [1.82, 2.24) is 10.2 Å². The monoisotopic (exact) mass is 476 g/mol. The molecule has 1 aromatic carbocycles. The molecule has 0 saturated carbocycles. The molecular weight excluding hydrogens is 443 g/mol. The van der Waals surface area contributed by atoms with Gasteiger partial charge in [0.25, 0.3) is 0 Å². The highest BCUT2D eigenvalue weighted by Crippen LogP contribution is 2.44. The third kappa shape index (κ3) is 4.90. The smallest absolute Gasteiger partial charge is 0.410 e. The van der Waals surface area contributed by atoms with Gasteiger partial charge < -0.3 is 24.2 Å². The summed E-state index contributed by atoms with van der Waals surface area (Å²) in [6, 6.07) is 2.54. The zero-order valence-electron chi connectivity index (χ0n) is 20.2. The predicted octanol–water partition coefficient (Wildman–Crippen LogP) is 2.67. The minimum Gasteiger partial charge on any atom is -0.487 e. The highest BCUT2D eigenvalue weighted by Gasteiger charge is 2.37. The molecule has 0 radical (unpaired) electrons. The van der Waals surface area contributed by atoms with Crippen LogP contribution in [0.25, 0.3) is 0 Å². The van der Waals surface area contributed by atoms with E-state index in [1.165, 1.54) is 6.07 Å². The lowest BCUT2D eigenvalue weighted by Gasteiger charge is -2.42. The van der Waals surface area contributed by atoms with Crippen molar-refractivity contribution in [2.75, 3.05) is 43.1 Å². The van der Waals surface area contributed by atoms with Crippen molar-refractivity contribution < 1.29 is 28.2 Å². The number of hydrogen-bond donors (Lipinski definition) is 1. The van der Waals surface area contributed by atoms with Crippen LogP contribution >= 0.6 is 0 Å². The fourth-order valence-corrected chi connectivity index (χ4v) is 4.83. The highest BCUT2D eigenvalue weighted by molar-refractivity contribution is 6.02. The highest BCUT2D eigenvalue weighted by atomic mass is 19.1. The molecule has 0 aliphatic carbocycles. The Kier molecular flexibility index (Phi) is 6.60. The first-order valence-electron chi connectivity index (χ1n) is 11.8. The summed E-state index contributed by atoms with van der Waals surface area (Å²) in [5.74, 6) is -0.563. The van der Waals surface area contributed by atoms with Crippen LogP contribution in [0, 0.1) is 5.82 Å². The number of rotatable bonds is 3. The van der Waals surface area contributed by atoms with Gasteiger partial charge in [0.2, 0.25) is 11.8 Å². The minimum absolute atomic E-state index is 0.00501. The Balaban J connectivity index is 1.50. The van der Waals surface area contributed by atoms with E-state index in [-0.39, 0.29) is 36.2 Å². The maximum atomic E-state index is 15.1. The number of carbonyl (C=O) groups is 3. The number of anilines is 2. The average molecular weight is 477 g/mol. The van der Waals surface area contributed by atoms with E-state index in [2.05, 4.69) is 5.32 Å². The van der Waals surface area contributed by atoms with E-state index in [0.29, 0.717) is 62.6 Å². The van der Waals surface area contributed by atoms with Gasteiger partial charge in [-0.05, 0) is 52.2 Å². The van der Waals surface area contributed by atoms with Crippen molar-refractivity contribution in [3.8, 4) is 5.75 Å². The fourth-order valence-electron chi connectivity index (χ4n) is 4.83. The second-order valence-electron chi connectivity index (χ2n) is 10.1. The molecule has 2 saturated heterocycles. The van der Waals surface area contributed by atoms with Gasteiger partial charge in [-0.3, -0.25) is 14.9 Å². The predicted molar refractivity (Wildman–Crippen MR) is 125 cm³/mol. The first-order valence-corrected chi connectivity index (χ1v) is 11.8. The number of fused-ring (bicyclic) bond motifs is 1. The van der Waals surface area contributed by atoms with Gasteiger partial charge in [0.05, 0.1) is 12.2 Å². The van der Waals surface area contributed by atoms with Crippen LogP contribution in [0.3, 0.4) is 0 Å². The van der Waals surface area contributed by atoms with Crippen LogP contribution in [0.5, 0.6) is 5.75 Å². The number of ether oxygens (including phenoxy) is 2. The second kappa shape index (κ2) is 9.31. The average Bonchev–Trinajstić information content (AvgIpc) is 2.77. The number of amides is 3. The Hall–Kier alpha value is -3.04. The van der Waals surface area contributed by atoms with E-state index < -0.39 is 11.6 Å². The summed E-state index contributed by atoms with van der Waals surface area (Å²) >= 11 is 0. The molecular formula is C24H33FN4O5. The summed E-state index contributed by atoms with van der Waals surface area (Å²) in [7, 11) is 1.74. The Morgan fingerprint density at radius 3 is 2.53 bits per heavy atom. The fraction of sp³-hybridized carbons (Fsp3) is 0.625. The van der Waals surface area contributed by atoms with Crippen LogP contribution in [0.4, 0.5) is 20.6 Å². The molecule has 1 aromatic rings. The molecule has 0 aromatic heterocycles. The minimum atomic E-state index is -0.565. The summed E-state index contributed by atoms with van der Waals surface area (Å²) in [5.41, 5.74) is 0.474. The van der Waals surface area contributed by atoms with Crippen LogP contribution in [-0.4, -0.2) is 73.8 Å². The molecule has 3 amide bonds. The molecule has 1 N–H and O–H groups in total. The molecule has 34 heavy (non-hydrogen) atoms. The van der Waals surface area contributed by atoms with Crippen LogP contribution in [-0.2, 0) is 14.3 Å². The number of halogens is 1. The van der Waals surface area contributed by atoms with Gasteiger partial charge in [-0.25, -0.2) is 9.18 Å². The number of imide groups is 1. The van der Waals surface area contributed by atoms with Gasteiger partial charge in [0.15, 0.2) is 5.75 Å².